The van der Waals surface area contributed by atoms with Gasteiger partial charge in [-0.2, -0.15) is 0 Å². The van der Waals surface area contributed by atoms with Gasteiger partial charge in [0.25, 0.3) is 5.91 Å². The number of benzene rings is 2. The van der Waals surface area contributed by atoms with Crippen LogP contribution in [0.2, 0.25) is 0 Å². The molecule has 4 rings (SSSR count). The summed E-state index contributed by atoms with van der Waals surface area (Å²) in [6.07, 6.45) is 1.90. The van der Waals surface area contributed by atoms with Crippen LogP contribution < -0.4 is 14.8 Å². The van der Waals surface area contributed by atoms with E-state index in [1.165, 1.54) is 11.8 Å². The molecule has 0 aromatic heterocycles. The zero-order chi connectivity index (χ0) is 27.4. The van der Waals surface area contributed by atoms with Crippen LogP contribution in [0.4, 0.5) is 5.69 Å². The number of carbonyl (C=O) groups excluding carboxylic acids is 2. The first-order chi connectivity index (χ1) is 18.2. The Bertz CT molecular complexity index is 1330. The summed E-state index contributed by atoms with van der Waals surface area (Å²) in [6, 6.07) is 8.94. The summed E-state index contributed by atoms with van der Waals surface area (Å²) in [5, 5.41) is 5.66. The van der Waals surface area contributed by atoms with Crippen LogP contribution in [0.1, 0.15) is 43.5 Å². The monoisotopic (exact) mass is 599 g/mol. The van der Waals surface area contributed by atoms with Crippen molar-refractivity contribution >= 4 is 50.4 Å². The van der Waals surface area contributed by atoms with Gasteiger partial charge < -0.3 is 24.4 Å². The summed E-state index contributed by atoms with van der Waals surface area (Å²) in [6.45, 7) is 9.83. The number of anilines is 1. The molecule has 0 fully saturated rings. The second-order valence-corrected chi connectivity index (χ2v) is 10.5. The SMILES string of the molecule is CCOC(=O)C1=C(C)N=C2SC=CN2[C@H]1c1ccc(OCC(=O)Nc2c(C)cc(Br)cc2C)c(OCC)c1. The quantitative estimate of drug-likeness (QED) is 0.341. The third-order valence-corrected chi connectivity index (χ3v) is 7.25. The van der Waals surface area contributed by atoms with E-state index in [1.54, 1.807) is 13.0 Å². The lowest BCUT2D eigenvalue weighted by atomic mass is 9.94. The summed E-state index contributed by atoms with van der Waals surface area (Å²) in [4.78, 5) is 32.2. The van der Waals surface area contributed by atoms with Crippen molar-refractivity contribution in [3.8, 4) is 11.5 Å². The van der Waals surface area contributed by atoms with Gasteiger partial charge in [-0.05, 0) is 81.0 Å². The maximum Gasteiger partial charge on any atom is 0.338 e. The average molecular weight is 601 g/mol. The van der Waals surface area contributed by atoms with Crippen LogP contribution in [0.25, 0.3) is 0 Å². The lowest BCUT2D eigenvalue weighted by Gasteiger charge is -2.33. The molecule has 0 saturated carbocycles. The van der Waals surface area contributed by atoms with Crippen LogP contribution in [-0.4, -0.2) is 41.8 Å². The Labute approximate surface area is 235 Å². The minimum atomic E-state index is -0.437. The van der Waals surface area contributed by atoms with Crippen molar-refractivity contribution in [1.82, 2.24) is 4.90 Å². The Hall–Kier alpha value is -3.24. The van der Waals surface area contributed by atoms with Crippen LogP contribution in [0.15, 0.2) is 62.7 Å². The number of ether oxygens (including phenoxy) is 3. The number of nitrogens with one attached hydrogen (secondary N) is 1. The number of allylic oxidation sites excluding steroid dienone is 1. The highest BCUT2D eigenvalue weighted by molar-refractivity contribution is 9.10. The van der Waals surface area contributed by atoms with Gasteiger partial charge in [0.1, 0.15) is 0 Å². The highest BCUT2D eigenvalue weighted by Crippen LogP contribution is 2.43. The second kappa shape index (κ2) is 12.1. The Morgan fingerprint density at radius 3 is 2.47 bits per heavy atom. The van der Waals surface area contributed by atoms with Crippen molar-refractivity contribution in [2.45, 2.75) is 40.7 Å². The second-order valence-electron chi connectivity index (χ2n) is 8.72. The molecule has 0 radical (unpaired) electrons. The molecule has 8 nitrogen and oxygen atoms in total. The molecule has 200 valence electrons. The number of esters is 1. The van der Waals surface area contributed by atoms with Crippen molar-refractivity contribution in [1.29, 1.82) is 0 Å². The fourth-order valence-corrected chi connectivity index (χ4v) is 5.89. The molecule has 2 aliphatic rings. The van der Waals surface area contributed by atoms with E-state index in [1.807, 2.05) is 68.5 Å². The summed E-state index contributed by atoms with van der Waals surface area (Å²) < 4.78 is 18.1. The summed E-state index contributed by atoms with van der Waals surface area (Å²) >= 11 is 4.97. The van der Waals surface area contributed by atoms with E-state index in [0.29, 0.717) is 29.4 Å². The fourth-order valence-electron chi connectivity index (χ4n) is 4.41. The smallest absolute Gasteiger partial charge is 0.338 e. The Balaban J connectivity index is 1.58. The van der Waals surface area contributed by atoms with Crippen LogP contribution >= 0.6 is 27.7 Å². The predicted octanol–water partition coefficient (Wildman–Crippen LogP) is 6.25. The molecule has 0 bridgehead atoms. The lowest BCUT2D eigenvalue weighted by molar-refractivity contribution is -0.139. The molecular weight excluding hydrogens is 570 g/mol. The van der Waals surface area contributed by atoms with Crippen LogP contribution in [0.5, 0.6) is 11.5 Å². The number of aliphatic imine (C=N–C) groups is 1. The lowest BCUT2D eigenvalue weighted by Crippen LogP contribution is -2.34. The van der Waals surface area contributed by atoms with E-state index in [0.717, 1.165) is 32.0 Å². The molecule has 2 heterocycles. The fraction of sp³-hybridized carbons (Fsp3) is 0.321. The Kier molecular flexibility index (Phi) is 8.83. The zero-order valence-electron chi connectivity index (χ0n) is 22.0. The molecule has 10 heteroatoms. The van der Waals surface area contributed by atoms with Crippen molar-refractivity contribution in [2.24, 2.45) is 4.99 Å². The molecule has 2 aromatic rings. The van der Waals surface area contributed by atoms with E-state index in [9.17, 15) is 9.59 Å². The first kappa shape index (κ1) is 27.8. The number of hydrogen-bond donors (Lipinski definition) is 1. The third-order valence-electron chi connectivity index (χ3n) is 6.02. The minimum absolute atomic E-state index is 0.187. The van der Waals surface area contributed by atoms with Gasteiger partial charge in [0.2, 0.25) is 0 Å². The van der Waals surface area contributed by atoms with Gasteiger partial charge >= 0.3 is 5.97 Å². The van der Waals surface area contributed by atoms with Gasteiger partial charge in [0.15, 0.2) is 23.3 Å². The molecule has 2 aliphatic heterocycles. The number of halogens is 1. The van der Waals surface area contributed by atoms with E-state index in [2.05, 4.69) is 26.2 Å². The zero-order valence-corrected chi connectivity index (χ0v) is 24.4. The summed E-state index contributed by atoms with van der Waals surface area (Å²) in [5.41, 5.74) is 4.57. The number of rotatable bonds is 9. The highest BCUT2D eigenvalue weighted by atomic mass is 79.9. The molecule has 0 spiro atoms. The maximum absolute atomic E-state index is 12.9. The minimum Gasteiger partial charge on any atom is -0.490 e. The standard InChI is InChI=1S/C28H30BrN3O5S/c1-6-35-22-14-19(26-24(27(34)36-7-2)18(5)30-28-32(26)10-11-38-28)8-9-21(22)37-15-23(33)31-25-16(3)12-20(29)13-17(25)4/h8-14,26H,6-7,15H2,1-5H3,(H,31,33)/t26-/m0/s1. The number of amidine groups is 1. The number of fused-ring (bicyclic) bond motifs is 1. The number of carbonyl (C=O) groups is 2. The van der Waals surface area contributed by atoms with E-state index >= 15 is 0 Å². The van der Waals surface area contributed by atoms with Crippen molar-refractivity contribution in [3.05, 3.63) is 74.4 Å². The van der Waals surface area contributed by atoms with Crippen LogP contribution in [0.3, 0.4) is 0 Å². The average Bonchev–Trinajstić information content (AvgIpc) is 3.33. The Morgan fingerprint density at radius 2 is 1.79 bits per heavy atom. The topological polar surface area (TPSA) is 89.5 Å². The number of aryl methyl sites for hydroxylation is 2. The van der Waals surface area contributed by atoms with Crippen LogP contribution in [-0.2, 0) is 14.3 Å². The summed E-state index contributed by atoms with van der Waals surface area (Å²) in [7, 11) is 0. The Morgan fingerprint density at radius 1 is 1.05 bits per heavy atom. The molecule has 0 unspecified atom stereocenters. The predicted molar refractivity (Wildman–Crippen MR) is 153 cm³/mol. The molecule has 1 N–H and O–H groups in total. The number of nitrogens with zero attached hydrogens (tertiary/aromatic N) is 2. The van der Waals surface area contributed by atoms with Gasteiger partial charge in [-0.25, -0.2) is 9.79 Å². The molecule has 1 amide bonds. The largest absolute Gasteiger partial charge is 0.490 e. The number of amides is 1. The van der Waals surface area contributed by atoms with Crippen molar-refractivity contribution in [2.75, 3.05) is 25.1 Å². The molecular formula is C28H30BrN3O5S. The normalized spacial score (nSPS) is 16.2. The van der Waals surface area contributed by atoms with Gasteiger partial charge in [-0.15, -0.1) is 0 Å². The van der Waals surface area contributed by atoms with Crippen LogP contribution in [0, 0.1) is 13.8 Å². The highest BCUT2D eigenvalue weighted by Gasteiger charge is 2.37. The molecule has 1 atom stereocenters. The van der Waals surface area contributed by atoms with Gasteiger partial charge in [-0.3, -0.25) is 4.79 Å². The molecule has 0 aliphatic carbocycles. The molecule has 38 heavy (non-hydrogen) atoms. The van der Waals surface area contributed by atoms with E-state index < -0.39 is 12.0 Å². The van der Waals surface area contributed by atoms with E-state index in [4.69, 9.17) is 14.2 Å². The maximum atomic E-state index is 12.9. The van der Waals surface area contributed by atoms with Crippen molar-refractivity contribution < 1.29 is 23.8 Å². The first-order valence-electron chi connectivity index (χ1n) is 12.3. The number of hydrogen-bond acceptors (Lipinski definition) is 8. The summed E-state index contributed by atoms with van der Waals surface area (Å²) in [5.74, 6) is 0.233. The van der Waals surface area contributed by atoms with Crippen molar-refractivity contribution in [3.63, 3.8) is 0 Å². The molecule has 0 saturated heterocycles. The third kappa shape index (κ3) is 5.91. The van der Waals surface area contributed by atoms with Gasteiger partial charge in [0.05, 0.1) is 30.5 Å². The first-order valence-corrected chi connectivity index (χ1v) is 13.9. The van der Waals surface area contributed by atoms with Gasteiger partial charge in [0, 0.05) is 16.4 Å². The van der Waals surface area contributed by atoms with Gasteiger partial charge in [-0.1, -0.05) is 33.8 Å². The molecule has 2 aromatic carbocycles. The number of thioether (sulfide) groups is 1. The van der Waals surface area contributed by atoms with E-state index in [-0.39, 0.29) is 19.1 Å².